The molecule has 17 heavy (non-hydrogen) atoms. The van der Waals surface area contributed by atoms with Gasteiger partial charge in [0.05, 0.1) is 5.92 Å². The van der Waals surface area contributed by atoms with Crippen LogP contribution in [0.5, 0.6) is 0 Å². The SMILES string of the molecule is NCC(c1ccncc1)N1CCC(C(N)=O)C1. The number of nitrogens with two attached hydrogens (primary N) is 2. The van der Waals surface area contributed by atoms with E-state index in [1.807, 2.05) is 12.1 Å². The molecule has 2 heterocycles. The molecule has 5 nitrogen and oxygen atoms in total. The lowest BCUT2D eigenvalue weighted by atomic mass is 10.1. The Morgan fingerprint density at radius 3 is 2.76 bits per heavy atom. The topological polar surface area (TPSA) is 85.2 Å². The van der Waals surface area contributed by atoms with Gasteiger partial charge in [0.15, 0.2) is 0 Å². The lowest BCUT2D eigenvalue weighted by Gasteiger charge is -2.26. The van der Waals surface area contributed by atoms with Gasteiger partial charge < -0.3 is 11.5 Å². The highest BCUT2D eigenvalue weighted by Gasteiger charge is 2.31. The van der Waals surface area contributed by atoms with Gasteiger partial charge in [0.1, 0.15) is 0 Å². The Morgan fingerprint density at radius 1 is 1.53 bits per heavy atom. The van der Waals surface area contributed by atoms with Crippen molar-refractivity contribution in [3.05, 3.63) is 30.1 Å². The fourth-order valence-corrected chi connectivity index (χ4v) is 2.38. The summed E-state index contributed by atoms with van der Waals surface area (Å²) >= 11 is 0. The summed E-state index contributed by atoms with van der Waals surface area (Å²) in [5.41, 5.74) is 12.3. The van der Waals surface area contributed by atoms with Gasteiger partial charge in [-0.1, -0.05) is 0 Å². The zero-order chi connectivity index (χ0) is 12.3. The molecule has 0 aliphatic carbocycles. The summed E-state index contributed by atoms with van der Waals surface area (Å²) < 4.78 is 0. The van der Waals surface area contributed by atoms with Crippen molar-refractivity contribution in [3.63, 3.8) is 0 Å². The van der Waals surface area contributed by atoms with Gasteiger partial charge in [-0.05, 0) is 30.7 Å². The lowest BCUT2D eigenvalue weighted by molar-refractivity contribution is -0.121. The highest BCUT2D eigenvalue weighted by molar-refractivity contribution is 5.77. The van der Waals surface area contributed by atoms with Gasteiger partial charge >= 0.3 is 0 Å². The van der Waals surface area contributed by atoms with Crippen LogP contribution in [0.3, 0.4) is 0 Å². The molecule has 1 aliphatic rings. The third-order valence-electron chi connectivity index (χ3n) is 3.38. The molecule has 0 radical (unpaired) electrons. The van der Waals surface area contributed by atoms with Crippen LogP contribution in [-0.2, 0) is 4.79 Å². The smallest absolute Gasteiger partial charge is 0.221 e. The van der Waals surface area contributed by atoms with Crippen LogP contribution in [0.4, 0.5) is 0 Å². The van der Waals surface area contributed by atoms with Crippen molar-refractivity contribution in [1.29, 1.82) is 0 Å². The van der Waals surface area contributed by atoms with Gasteiger partial charge in [0, 0.05) is 31.5 Å². The number of carbonyl (C=O) groups excluding carboxylic acids is 1. The van der Waals surface area contributed by atoms with E-state index < -0.39 is 0 Å². The van der Waals surface area contributed by atoms with Crippen LogP contribution >= 0.6 is 0 Å². The zero-order valence-electron chi connectivity index (χ0n) is 9.75. The third-order valence-corrected chi connectivity index (χ3v) is 3.38. The minimum absolute atomic E-state index is 0.0362. The van der Waals surface area contributed by atoms with Crippen molar-refractivity contribution >= 4 is 5.91 Å². The van der Waals surface area contributed by atoms with Crippen molar-refractivity contribution in [2.75, 3.05) is 19.6 Å². The first kappa shape index (κ1) is 12.0. The molecule has 2 rings (SSSR count). The Balaban J connectivity index is 2.08. The van der Waals surface area contributed by atoms with E-state index in [1.54, 1.807) is 12.4 Å². The van der Waals surface area contributed by atoms with E-state index in [1.165, 1.54) is 0 Å². The molecule has 1 aliphatic heterocycles. The van der Waals surface area contributed by atoms with Crippen LogP contribution in [-0.4, -0.2) is 35.4 Å². The number of likely N-dealkylation sites (tertiary alicyclic amines) is 1. The first-order chi connectivity index (χ1) is 8.22. The van der Waals surface area contributed by atoms with E-state index in [0.717, 1.165) is 18.5 Å². The summed E-state index contributed by atoms with van der Waals surface area (Å²) in [5.74, 6) is -0.246. The summed E-state index contributed by atoms with van der Waals surface area (Å²) in [6.45, 7) is 2.12. The normalized spacial score (nSPS) is 22.5. The van der Waals surface area contributed by atoms with Crippen LogP contribution in [0.2, 0.25) is 0 Å². The molecule has 2 atom stereocenters. The molecule has 2 unspecified atom stereocenters. The zero-order valence-corrected chi connectivity index (χ0v) is 9.75. The van der Waals surface area contributed by atoms with Crippen molar-refractivity contribution in [1.82, 2.24) is 9.88 Å². The van der Waals surface area contributed by atoms with Gasteiger partial charge in [-0.2, -0.15) is 0 Å². The predicted octanol–water partition coefficient (Wildman–Crippen LogP) is -0.111. The maximum atomic E-state index is 11.1. The van der Waals surface area contributed by atoms with Crippen LogP contribution in [0.15, 0.2) is 24.5 Å². The lowest BCUT2D eigenvalue weighted by Crippen LogP contribution is -2.34. The van der Waals surface area contributed by atoms with Gasteiger partial charge in [0.2, 0.25) is 5.91 Å². The second-order valence-corrected chi connectivity index (χ2v) is 4.41. The minimum atomic E-state index is -0.210. The van der Waals surface area contributed by atoms with Crippen LogP contribution in [0.25, 0.3) is 0 Å². The van der Waals surface area contributed by atoms with Crippen molar-refractivity contribution < 1.29 is 4.79 Å². The van der Waals surface area contributed by atoms with Crippen molar-refractivity contribution in [2.45, 2.75) is 12.5 Å². The molecule has 1 fully saturated rings. The molecule has 1 aromatic heterocycles. The van der Waals surface area contributed by atoms with Crippen molar-refractivity contribution in [3.8, 4) is 0 Å². The fourth-order valence-electron chi connectivity index (χ4n) is 2.38. The van der Waals surface area contributed by atoms with Crippen LogP contribution in [0, 0.1) is 5.92 Å². The monoisotopic (exact) mass is 234 g/mol. The number of hydrogen-bond donors (Lipinski definition) is 2. The standard InChI is InChI=1S/C12H18N4O/c13-7-11(9-1-4-15-5-2-9)16-6-3-10(8-16)12(14)17/h1-2,4-5,10-11H,3,6-8,13H2,(H2,14,17). The fraction of sp³-hybridized carbons (Fsp3) is 0.500. The summed E-state index contributed by atoms with van der Waals surface area (Å²) in [7, 11) is 0. The maximum Gasteiger partial charge on any atom is 0.221 e. The van der Waals surface area contributed by atoms with Crippen molar-refractivity contribution in [2.24, 2.45) is 17.4 Å². The molecule has 1 aromatic rings. The Bertz CT molecular complexity index is 381. The summed E-state index contributed by atoms with van der Waals surface area (Å²) in [6, 6.07) is 4.09. The molecule has 1 saturated heterocycles. The number of aromatic nitrogens is 1. The average Bonchev–Trinajstić information content (AvgIpc) is 2.81. The van der Waals surface area contributed by atoms with E-state index in [2.05, 4.69) is 9.88 Å². The van der Waals surface area contributed by atoms with Crippen LogP contribution < -0.4 is 11.5 Å². The molecule has 4 N–H and O–H groups in total. The highest BCUT2D eigenvalue weighted by atomic mass is 16.1. The summed E-state index contributed by atoms with van der Waals surface area (Å²) in [6.07, 6.45) is 4.36. The van der Waals surface area contributed by atoms with E-state index in [-0.39, 0.29) is 17.9 Å². The first-order valence-corrected chi connectivity index (χ1v) is 5.85. The van der Waals surface area contributed by atoms with E-state index >= 15 is 0 Å². The third kappa shape index (κ3) is 2.62. The summed E-state index contributed by atoms with van der Waals surface area (Å²) in [5, 5.41) is 0. The number of rotatable bonds is 4. The Kier molecular flexibility index (Phi) is 3.71. The van der Waals surface area contributed by atoms with E-state index in [0.29, 0.717) is 13.1 Å². The number of pyridine rings is 1. The van der Waals surface area contributed by atoms with E-state index in [4.69, 9.17) is 11.5 Å². The second kappa shape index (κ2) is 5.25. The highest BCUT2D eigenvalue weighted by Crippen LogP contribution is 2.26. The molecule has 5 heteroatoms. The van der Waals surface area contributed by atoms with Crippen LogP contribution in [0.1, 0.15) is 18.0 Å². The molecular formula is C12H18N4O. The number of amides is 1. The molecule has 0 bridgehead atoms. The van der Waals surface area contributed by atoms with Gasteiger partial charge in [-0.25, -0.2) is 0 Å². The minimum Gasteiger partial charge on any atom is -0.369 e. The van der Waals surface area contributed by atoms with E-state index in [9.17, 15) is 4.79 Å². The first-order valence-electron chi connectivity index (χ1n) is 5.85. The van der Waals surface area contributed by atoms with Gasteiger partial charge in [0.25, 0.3) is 0 Å². The molecule has 92 valence electrons. The maximum absolute atomic E-state index is 11.1. The second-order valence-electron chi connectivity index (χ2n) is 4.41. The molecule has 0 spiro atoms. The number of hydrogen-bond acceptors (Lipinski definition) is 4. The predicted molar refractivity (Wildman–Crippen MR) is 64.9 cm³/mol. The Labute approximate surface area is 101 Å². The number of primary amides is 1. The molecule has 0 saturated carbocycles. The molecule has 0 aromatic carbocycles. The van der Waals surface area contributed by atoms with Gasteiger partial charge in [-0.15, -0.1) is 0 Å². The molecule has 1 amide bonds. The quantitative estimate of drug-likeness (QED) is 0.761. The molecular weight excluding hydrogens is 216 g/mol. The number of nitrogens with zero attached hydrogens (tertiary/aromatic N) is 2. The summed E-state index contributed by atoms with van der Waals surface area (Å²) in [4.78, 5) is 17.4. The Morgan fingerprint density at radius 2 is 2.24 bits per heavy atom. The number of carbonyl (C=O) groups is 1. The largest absolute Gasteiger partial charge is 0.369 e. The van der Waals surface area contributed by atoms with Gasteiger partial charge in [-0.3, -0.25) is 14.7 Å². The average molecular weight is 234 g/mol. The Hall–Kier alpha value is -1.46.